The minimum absolute atomic E-state index is 0.00314. The summed E-state index contributed by atoms with van der Waals surface area (Å²) in [4.78, 5) is 28.0. The van der Waals surface area contributed by atoms with E-state index in [-0.39, 0.29) is 54.8 Å². The SMILES string of the molecule is O=C(Cc1ccc(OC(F)(F)F)cc1)N1CCN(C(=O)c2cc(Cl)ccc2F)CC1. The Bertz CT molecular complexity index is 927. The molecule has 1 fully saturated rings. The summed E-state index contributed by atoms with van der Waals surface area (Å²) in [5.41, 5.74) is 0.414. The third-order valence-corrected chi connectivity index (χ3v) is 4.83. The Morgan fingerprint density at radius 3 is 2.17 bits per heavy atom. The Hall–Kier alpha value is -2.81. The van der Waals surface area contributed by atoms with E-state index in [4.69, 9.17) is 11.6 Å². The topological polar surface area (TPSA) is 49.9 Å². The van der Waals surface area contributed by atoms with Crippen LogP contribution in [0.2, 0.25) is 5.02 Å². The predicted octanol–water partition coefficient (Wildman–Crippen LogP) is 3.90. The molecular weight excluding hydrogens is 428 g/mol. The van der Waals surface area contributed by atoms with Gasteiger partial charge in [0.2, 0.25) is 5.91 Å². The maximum atomic E-state index is 13.9. The van der Waals surface area contributed by atoms with Crippen LogP contribution in [0.1, 0.15) is 15.9 Å². The normalized spacial score (nSPS) is 14.6. The Labute approximate surface area is 174 Å². The van der Waals surface area contributed by atoms with Gasteiger partial charge in [-0.15, -0.1) is 13.2 Å². The number of rotatable bonds is 4. The number of ether oxygens (including phenoxy) is 1. The average Bonchev–Trinajstić information content (AvgIpc) is 2.70. The highest BCUT2D eigenvalue weighted by molar-refractivity contribution is 6.31. The summed E-state index contributed by atoms with van der Waals surface area (Å²) in [5, 5.41) is 0.250. The minimum atomic E-state index is -4.78. The number of carbonyl (C=O) groups excluding carboxylic acids is 2. The van der Waals surface area contributed by atoms with Crippen LogP contribution in [-0.4, -0.2) is 54.2 Å². The fourth-order valence-electron chi connectivity index (χ4n) is 3.09. The number of nitrogens with zero attached hydrogens (tertiary/aromatic N) is 2. The molecule has 0 radical (unpaired) electrons. The largest absolute Gasteiger partial charge is 0.573 e. The summed E-state index contributed by atoms with van der Waals surface area (Å²) in [5.74, 6) is -1.75. The van der Waals surface area contributed by atoms with Crippen LogP contribution < -0.4 is 4.74 Å². The molecule has 10 heteroatoms. The van der Waals surface area contributed by atoms with E-state index in [0.717, 1.165) is 18.2 Å². The number of halogens is 5. The van der Waals surface area contributed by atoms with Gasteiger partial charge in [0, 0.05) is 31.2 Å². The molecule has 0 unspecified atom stereocenters. The van der Waals surface area contributed by atoms with Crippen molar-refractivity contribution in [1.82, 2.24) is 9.80 Å². The second-order valence-corrected chi connectivity index (χ2v) is 7.10. The van der Waals surface area contributed by atoms with Crippen molar-refractivity contribution < 1.29 is 31.9 Å². The maximum absolute atomic E-state index is 13.9. The van der Waals surface area contributed by atoms with Crippen LogP contribution in [0.15, 0.2) is 42.5 Å². The van der Waals surface area contributed by atoms with Gasteiger partial charge in [-0.3, -0.25) is 9.59 Å². The molecule has 0 N–H and O–H groups in total. The zero-order valence-corrected chi connectivity index (χ0v) is 16.3. The van der Waals surface area contributed by atoms with E-state index in [1.165, 1.54) is 29.2 Å². The second-order valence-electron chi connectivity index (χ2n) is 6.67. The van der Waals surface area contributed by atoms with Gasteiger partial charge in [-0.05, 0) is 35.9 Å². The number of benzene rings is 2. The van der Waals surface area contributed by atoms with Crippen molar-refractivity contribution in [3.05, 3.63) is 64.4 Å². The molecule has 0 atom stereocenters. The van der Waals surface area contributed by atoms with E-state index in [9.17, 15) is 27.2 Å². The Kier molecular flexibility index (Phi) is 6.50. The highest BCUT2D eigenvalue weighted by Gasteiger charge is 2.31. The van der Waals surface area contributed by atoms with Gasteiger partial charge in [-0.2, -0.15) is 0 Å². The van der Waals surface area contributed by atoms with Crippen LogP contribution in [0, 0.1) is 5.82 Å². The maximum Gasteiger partial charge on any atom is 0.573 e. The molecule has 160 valence electrons. The summed E-state index contributed by atoms with van der Waals surface area (Å²) >= 11 is 5.83. The zero-order chi connectivity index (χ0) is 21.9. The highest BCUT2D eigenvalue weighted by Crippen LogP contribution is 2.23. The van der Waals surface area contributed by atoms with Gasteiger partial charge in [-0.1, -0.05) is 23.7 Å². The van der Waals surface area contributed by atoms with Crippen molar-refractivity contribution in [1.29, 1.82) is 0 Å². The van der Waals surface area contributed by atoms with Crippen molar-refractivity contribution in [2.45, 2.75) is 12.8 Å². The van der Waals surface area contributed by atoms with E-state index in [0.29, 0.717) is 5.56 Å². The number of alkyl halides is 3. The van der Waals surface area contributed by atoms with Crippen LogP contribution >= 0.6 is 11.6 Å². The van der Waals surface area contributed by atoms with Crippen LogP contribution in [0.25, 0.3) is 0 Å². The summed E-state index contributed by atoms with van der Waals surface area (Å²) in [6.45, 7) is 0.994. The van der Waals surface area contributed by atoms with Gasteiger partial charge in [0.05, 0.1) is 12.0 Å². The molecule has 0 saturated carbocycles. The molecule has 3 rings (SSSR count). The van der Waals surface area contributed by atoms with E-state index in [1.54, 1.807) is 4.90 Å². The third kappa shape index (κ3) is 5.63. The lowest BCUT2D eigenvalue weighted by molar-refractivity contribution is -0.274. The minimum Gasteiger partial charge on any atom is -0.406 e. The summed E-state index contributed by atoms with van der Waals surface area (Å²) in [6, 6.07) is 8.81. The van der Waals surface area contributed by atoms with Gasteiger partial charge >= 0.3 is 6.36 Å². The third-order valence-electron chi connectivity index (χ3n) is 4.59. The quantitative estimate of drug-likeness (QED) is 0.672. The molecule has 1 saturated heterocycles. The average molecular weight is 445 g/mol. The molecule has 1 aliphatic rings. The Morgan fingerprint density at radius 2 is 1.57 bits per heavy atom. The summed E-state index contributed by atoms with van der Waals surface area (Å²) < 4.78 is 54.3. The van der Waals surface area contributed by atoms with Gasteiger partial charge in [0.25, 0.3) is 5.91 Å². The molecule has 30 heavy (non-hydrogen) atoms. The predicted molar refractivity (Wildman–Crippen MR) is 101 cm³/mol. The van der Waals surface area contributed by atoms with Crippen LogP contribution in [-0.2, 0) is 11.2 Å². The first-order valence-corrected chi connectivity index (χ1v) is 9.37. The molecule has 5 nitrogen and oxygen atoms in total. The molecular formula is C20H17ClF4N2O3. The Balaban J connectivity index is 1.54. The molecule has 0 aliphatic carbocycles. The monoisotopic (exact) mass is 444 g/mol. The number of amides is 2. The molecule has 2 amide bonds. The van der Waals surface area contributed by atoms with Gasteiger partial charge in [0.15, 0.2) is 0 Å². The van der Waals surface area contributed by atoms with Crippen molar-refractivity contribution in [3.63, 3.8) is 0 Å². The van der Waals surface area contributed by atoms with Gasteiger partial charge in [-0.25, -0.2) is 4.39 Å². The first-order chi connectivity index (χ1) is 14.1. The highest BCUT2D eigenvalue weighted by atomic mass is 35.5. The Morgan fingerprint density at radius 1 is 0.967 bits per heavy atom. The van der Waals surface area contributed by atoms with Crippen molar-refractivity contribution in [3.8, 4) is 5.75 Å². The lowest BCUT2D eigenvalue weighted by Gasteiger charge is -2.35. The van der Waals surface area contributed by atoms with Crippen molar-refractivity contribution in [2.75, 3.05) is 26.2 Å². The molecule has 2 aromatic rings. The smallest absolute Gasteiger partial charge is 0.406 e. The van der Waals surface area contributed by atoms with E-state index >= 15 is 0 Å². The number of hydrogen-bond acceptors (Lipinski definition) is 3. The molecule has 0 bridgehead atoms. The first-order valence-electron chi connectivity index (χ1n) is 8.99. The van der Waals surface area contributed by atoms with E-state index in [1.807, 2.05) is 0 Å². The number of carbonyl (C=O) groups is 2. The molecule has 1 aliphatic heterocycles. The standard InChI is InChI=1S/C20H17ClF4N2O3/c21-14-3-6-17(22)16(12-14)19(29)27-9-7-26(8-10-27)18(28)11-13-1-4-15(5-2-13)30-20(23,24)25/h1-6,12H,7-11H2. The van der Waals surface area contributed by atoms with E-state index < -0.39 is 18.1 Å². The number of hydrogen-bond donors (Lipinski definition) is 0. The molecule has 0 spiro atoms. The van der Waals surface area contributed by atoms with Crippen molar-refractivity contribution >= 4 is 23.4 Å². The van der Waals surface area contributed by atoms with Crippen LogP contribution in [0.3, 0.4) is 0 Å². The fraction of sp³-hybridized carbons (Fsp3) is 0.300. The van der Waals surface area contributed by atoms with Gasteiger partial charge < -0.3 is 14.5 Å². The summed E-state index contributed by atoms with van der Waals surface area (Å²) in [6.07, 6.45) is -4.77. The first kappa shape index (κ1) is 21.9. The van der Waals surface area contributed by atoms with Gasteiger partial charge in [0.1, 0.15) is 11.6 Å². The molecule has 0 aromatic heterocycles. The van der Waals surface area contributed by atoms with E-state index in [2.05, 4.69) is 4.74 Å². The molecule has 2 aromatic carbocycles. The fourth-order valence-corrected chi connectivity index (χ4v) is 3.26. The zero-order valence-electron chi connectivity index (χ0n) is 15.6. The van der Waals surface area contributed by atoms with Crippen LogP contribution in [0.4, 0.5) is 17.6 Å². The summed E-state index contributed by atoms with van der Waals surface area (Å²) in [7, 11) is 0. The molecule has 1 heterocycles. The van der Waals surface area contributed by atoms with Crippen molar-refractivity contribution in [2.24, 2.45) is 0 Å². The second kappa shape index (κ2) is 8.91. The lowest BCUT2D eigenvalue weighted by Crippen LogP contribution is -2.51. The number of piperazine rings is 1. The van der Waals surface area contributed by atoms with Crippen LogP contribution in [0.5, 0.6) is 5.75 Å². The lowest BCUT2D eigenvalue weighted by atomic mass is 10.1.